The van der Waals surface area contributed by atoms with Gasteiger partial charge in [0.25, 0.3) is 5.91 Å². The highest BCUT2D eigenvalue weighted by molar-refractivity contribution is 6.54. The van der Waals surface area contributed by atoms with Crippen LogP contribution in [0.1, 0.15) is 19.3 Å². The fourth-order valence-corrected chi connectivity index (χ4v) is 2.23. The number of nitrogens with zero attached hydrogens (tertiary/aromatic N) is 3. The molecule has 0 unspecified atom stereocenters. The Kier molecular flexibility index (Phi) is 2.60. The second kappa shape index (κ2) is 4.25. The van der Waals surface area contributed by atoms with Gasteiger partial charge in [-0.05, 0) is 18.9 Å². The largest absolute Gasteiger partial charge is 0.286 e. The standard InChI is InChI=1S/C12H14N4O/c17-12(15-16-7-2-1-3-8-16)11-9-5-4-6-10(9)13-14-11/h4-6H,1-3,7-8H2,(H,15,17). The van der Waals surface area contributed by atoms with Crippen LogP contribution in [0.4, 0.5) is 0 Å². The molecule has 0 atom stereocenters. The smallest absolute Gasteiger partial charge is 0.283 e. The normalized spacial score (nSPS) is 22.9. The second-order valence-corrected chi connectivity index (χ2v) is 4.36. The summed E-state index contributed by atoms with van der Waals surface area (Å²) in [6.45, 7) is 1.84. The lowest BCUT2D eigenvalue weighted by Gasteiger charge is -2.26. The maximum Gasteiger partial charge on any atom is 0.286 e. The molecule has 2 heterocycles. The third-order valence-corrected chi connectivity index (χ3v) is 3.14. The Morgan fingerprint density at radius 1 is 1.24 bits per heavy atom. The van der Waals surface area contributed by atoms with Gasteiger partial charge in [0.1, 0.15) is 0 Å². The van der Waals surface area contributed by atoms with Gasteiger partial charge in [-0.2, -0.15) is 0 Å². The van der Waals surface area contributed by atoms with E-state index in [0.29, 0.717) is 5.71 Å². The van der Waals surface area contributed by atoms with Crippen LogP contribution in [0.15, 0.2) is 34.0 Å². The minimum absolute atomic E-state index is 0.152. The van der Waals surface area contributed by atoms with Crippen molar-refractivity contribution in [2.24, 2.45) is 10.2 Å². The molecule has 3 rings (SSSR count). The first-order valence-electron chi connectivity index (χ1n) is 5.95. The molecule has 5 nitrogen and oxygen atoms in total. The van der Waals surface area contributed by atoms with E-state index in [9.17, 15) is 4.79 Å². The maximum absolute atomic E-state index is 12.0. The molecule has 0 aromatic carbocycles. The van der Waals surface area contributed by atoms with Gasteiger partial charge >= 0.3 is 0 Å². The summed E-state index contributed by atoms with van der Waals surface area (Å²) in [6, 6.07) is 0. The molecule has 1 aliphatic carbocycles. The van der Waals surface area contributed by atoms with Gasteiger partial charge in [-0.25, -0.2) is 5.01 Å². The van der Waals surface area contributed by atoms with Gasteiger partial charge in [0.2, 0.25) is 0 Å². The van der Waals surface area contributed by atoms with Crippen molar-refractivity contribution in [1.82, 2.24) is 10.4 Å². The number of nitrogens with one attached hydrogen (secondary N) is 1. The van der Waals surface area contributed by atoms with Crippen LogP contribution in [0.25, 0.3) is 0 Å². The van der Waals surface area contributed by atoms with Crippen LogP contribution in [-0.2, 0) is 4.79 Å². The van der Waals surface area contributed by atoms with Gasteiger partial charge < -0.3 is 0 Å². The molecule has 0 spiro atoms. The van der Waals surface area contributed by atoms with Crippen molar-refractivity contribution in [1.29, 1.82) is 0 Å². The van der Waals surface area contributed by atoms with Crippen molar-refractivity contribution >= 4 is 17.3 Å². The Bertz CT molecular complexity index is 467. The Morgan fingerprint density at radius 3 is 2.88 bits per heavy atom. The lowest BCUT2D eigenvalue weighted by molar-refractivity contribution is -0.119. The third-order valence-electron chi connectivity index (χ3n) is 3.14. The summed E-state index contributed by atoms with van der Waals surface area (Å²) in [6.07, 6.45) is 9.14. The molecule has 1 amide bonds. The first-order chi connectivity index (χ1) is 8.34. The molecular formula is C12H14N4O. The van der Waals surface area contributed by atoms with Crippen molar-refractivity contribution in [2.45, 2.75) is 19.3 Å². The highest BCUT2D eigenvalue weighted by atomic mass is 16.2. The number of rotatable bonds is 2. The number of hydrogen-bond acceptors (Lipinski definition) is 4. The summed E-state index contributed by atoms with van der Waals surface area (Å²) < 4.78 is 0. The van der Waals surface area contributed by atoms with Gasteiger partial charge in [-0.1, -0.05) is 18.6 Å². The highest BCUT2D eigenvalue weighted by Gasteiger charge is 2.27. The van der Waals surface area contributed by atoms with Gasteiger partial charge in [0, 0.05) is 18.7 Å². The predicted molar refractivity (Wildman–Crippen MR) is 65.7 cm³/mol. The van der Waals surface area contributed by atoms with Crippen LogP contribution < -0.4 is 5.43 Å². The molecule has 17 heavy (non-hydrogen) atoms. The van der Waals surface area contributed by atoms with E-state index in [-0.39, 0.29) is 5.91 Å². The summed E-state index contributed by atoms with van der Waals surface area (Å²) in [4.78, 5) is 12.0. The lowest BCUT2D eigenvalue weighted by Crippen LogP contribution is -2.47. The van der Waals surface area contributed by atoms with E-state index in [1.165, 1.54) is 6.42 Å². The van der Waals surface area contributed by atoms with Crippen molar-refractivity contribution in [3.63, 3.8) is 0 Å². The van der Waals surface area contributed by atoms with Crippen LogP contribution >= 0.6 is 0 Å². The van der Waals surface area contributed by atoms with E-state index in [4.69, 9.17) is 0 Å². The maximum atomic E-state index is 12.0. The Morgan fingerprint density at radius 2 is 2.06 bits per heavy atom. The van der Waals surface area contributed by atoms with Crippen LogP contribution in [-0.4, -0.2) is 35.4 Å². The van der Waals surface area contributed by atoms with Gasteiger partial charge in [0.05, 0.1) is 5.71 Å². The van der Waals surface area contributed by atoms with Gasteiger partial charge in [-0.15, -0.1) is 10.2 Å². The van der Waals surface area contributed by atoms with Crippen LogP contribution in [0.5, 0.6) is 0 Å². The van der Waals surface area contributed by atoms with Crippen LogP contribution in [0, 0.1) is 0 Å². The molecule has 0 radical (unpaired) electrons. The fourth-order valence-electron chi connectivity index (χ4n) is 2.23. The van der Waals surface area contributed by atoms with Crippen LogP contribution in [0.3, 0.4) is 0 Å². The van der Waals surface area contributed by atoms with E-state index < -0.39 is 0 Å². The average Bonchev–Trinajstić information content (AvgIpc) is 2.91. The number of hydrogen-bond donors (Lipinski definition) is 1. The number of piperidine rings is 1. The number of fused-ring (bicyclic) bond motifs is 1. The average molecular weight is 230 g/mol. The molecule has 0 aromatic heterocycles. The Hall–Kier alpha value is -1.75. The monoisotopic (exact) mass is 230 g/mol. The van der Waals surface area contributed by atoms with Crippen LogP contribution in [0.2, 0.25) is 0 Å². The molecular weight excluding hydrogens is 216 g/mol. The van der Waals surface area contributed by atoms with E-state index in [0.717, 1.165) is 37.2 Å². The SMILES string of the molecule is O=C(NN1CCCCC1)C1=NN=C2C=CC=C21. The van der Waals surface area contributed by atoms with Gasteiger partial charge in [0.15, 0.2) is 5.71 Å². The number of carbonyl (C=O) groups is 1. The molecule has 5 heteroatoms. The Balaban J connectivity index is 1.64. The van der Waals surface area contributed by atoms with Crippen molar-refractivity contribution in [3.8, 4) is 0 Å². The summed E-state index contributed by atoms with van der Waals surface area (Å²) in [5.74, 6) is -0.152. The van der Waals surface area contributed by atoms with Crippen molar-refractivity contribution in [3.05, 3.63) is 23.8 Å². The zero-order valence-electron chi connectivity index (χ0n) is 9.52. The molecule has 1 saturated heterocycles. The van der Waals surface area contributed by atoms with E-state index in [2.05, 4.69) is 15.6 Å². The zero-order valence-corrected chi connectivity index (χ0v) is 9.52. The highest BCUT2D eigenvalue weighted by Crippen LogP contribution is 2.17. The quantitative estimate of drug-likeness (QED) is 0.763. The molecule has 0 bridgehead atoms. The summed E-state index contributed by atoms with van der Waals surface area (Å²) in [5, 5.41) is 9.86. The lowest BCUT2D eigenvalue weighted by atomic mass is 10.1. The second-order valence-electron chi connectivity index (χ2n) is 4.36. The molecule has 88 valence electrons. The first-order valence-corrected chi connectivity index (χ1v) is 5.95. The first kappa shape index (κ1) is 10.4. The van der Waals surface area contributed by atoms with Gasteiger partial charge in [-0.3, -0.25) is 10.2 Å². The molecule has 2 aliphatic heterocycles. The van der Waals surface area contributed by atoms with Crippen molar-refractivity contribution < 1.29 is 4.79 Å². The van der Waals surface area contributed by atoms with E-state index >= 15 is 0 Å². The molecule has 3 aliphatic rings. The summed E-state index contributed by atoms with van der Waals surface area (Å²) in [5.41, 5.74) is 4.94. The number of amides is 1. The third kappa shape index (κ3) is 1.93. The van der Waals surface area contributed by atoms with E-state index in [1.807, 2.05) is 23.2 Å². The number of allylic oxidation sites excluding steroid dienone is 3. The number of carbonyl (C=O) groups excluding carboxylic acids is 1. The molecule has 0 aromatic rings. The molecule has 1 fully saturated rings. The topological polar surface area (TPSA) is 57.1 Å². The fraction of sp³-hybridized carbons (Fsp3) is 0.417. The number of hydrazine groups is 1. The minimum Gasteiger partial charge on any atom is -0.283 e. The minimum atomic E-state index is -0.152. The zero-order chi connectivity index (χ0) is 11.7. The molecule has 0 saturated carbocycles. The van der Waals surface area contributed by atoms with E-state index in [1.54, 1.807) is 0 Å². The van der Waals surface area contributed by atoms with Crippen molar-refractivity contribution in [2.75, 3.05) is 13.1 Å². The molecule has 1 N–H and O–H groups in total. The Labute approximate surface area is 99.6 Å². The predicted octanol–water partition coefficient (Wildman–Crippen LogP) is 0.810. The summed E-state index contributed by atoms with van der Waals surface area (Å²) >= 11 is 0. The summed E-state index contributed by atoms with van der Waals surface area (Å²) in [7, 11) is 0.